The zero-order valence-corrected chi connectivity index (χ0v) is 18.6. The van der Waals surface area contributed by atoms with Crippen molar-refractivity contribution in [2.75, 3.05) is 0 Å². The summed E-state index contributed by atoms with van der Waals surface area (Å²) in [6.07, 6.45) is 0. The van der Waals surface area contributed by atoms with Gasteiger partial charge in [0, 0.05) is 11.1 Å². The summed E-state index contributed by atoms with van der Waals surface area (Å²) in [7, 11) is 0. The molecule has 2 nitrogen and oxygen atoms in total. The Morgan fingerprint density at radius 1 is 0.438 bits per heavy atom. The standard InChI is InChI=1S/C28H16N2S2/c1-3-7-25-23(5-1)29-27(31-25)19-11-9-17-14-22-16-20(12-10-18(22)13-21(17)15-19)28-30-24-6-2-4-8-26(24)32-28/h1-16H. The molecule has 0 aliphatic rings. The van der Waals surface area contributed by atoms with Crippen LogP contribution in [0.1, 0.15) is 0 Å². The summed E-state index contributed by atoms with van der Waals surface area (Å²) in [6.45, 7) is 0. The second-order valence-electron chi connectivity index (χ2n) is 7.95. The Balaban J connectivity index is 1.33. The second kappa shape index (κ2) is 6.95. The minimum Gasteiger partial charge on any atom is -0.236 e. The highest BCUT2D eigenvalue weighted by Crippen LogP contribution is 2.35. The van der Waals surface area contributed by atoms with Crippen molar-refractivity contribution in [1.29, 1.82) is 0 Å². The molecule has 0 atom stereocenters. The summed E-state index contributed by atoms with van der Waals surface area (Å²) in [6, 6.07) is 34.5. The number of hydrogen-bond donors (Lipinski definition) is 0. The van der Waals surface area contributed by atoms with Gasteiger partial charge in [-0.15, -0.1) is 22.7 Å². The van der Waals surface area contributed by atoms with Gasteiger partial charge in [-0.2, -0.15) is 0 Å². The molecule has 0 saturated heterocycles. The Kier molecular flexibility index (Phi) is 3.92. The monoisotopic (exact) mass is 444 g/mol. The van der Waals surface area contributed by atoms with E-state index in [0.717, 1.165) is 21.0 Å². The number of fused-ring (bicyclic) bond motifs is 4. The minimum absolute atomic E-state index is 1.06. The van der Waals surface area contributed by atoms with Crippen molar-refractivity contribution in [2.24, 2.45) is 0 Å². The summed E-state index contributed by atoms with van der Waals surface area (Å²) in [5.41, 5.74) is 4.47. The zero-order chi connectivity index (χ0) is 21.1. The van der Waals surface area contributed by atoms with Crippen LogP contribution in [0.3, 0.4) is 0 Å². The van der Waals surface area contributed by atoms with Gasteiger partial charge in [0.1, 0.15) is 10.0 Å². The lowest BCUT2D eigenvalue weighted by molar-refractivity contribution is 1.48. The van der Waals surface area contributed by atoms with Crippen molar-refractivity contribution < 1.29 is 0 Å². The molecule has 150 valence electrons. The first-order valence-corrected chi connectivity index (χ1v) is 12.1. The molecule has 0 unspecified atom stereocenters. The molecule has 0 amide bonds. The van der Waals surface area contributed by atoms with E-state index in [4.69, 9.17) is 9.97 Å². The molecule has 0 spiro atoms. The predicted octanol–water partition coefficient (Wildman–Crippen LogP) is 8.55. The molecule has 4 heteroatoms. The molecule has 0 bridgehead atoms. The van der Waals surface area contributed by atoms with E-state index in [1.165, 1.54) is 42.1 Å². The van der Waals surface area contributed by atoms with Gasteiger partial charge in [0.15, 0.2) is 0 Å². The van der Waals surface area contributed by atoms with Crippen molar-refractivity contribution in [1.82, 2.24) is 9.97 Å². The van der Waals surface area contributed by atoms with E-state index in [1.807, 2.05) is 12.1 Å². The number of benzene rings is 5. The summed E-state index contributed by atoms with van der Waals surface area (Å²) in [5, 5.41) is 7.09. The highest BCUT2D eigenvalue weighted by atomic mass is 32.1. The third-order valence-electron chi connectivity index (χ3n) is 5.88. The average molecular weight is 445 g/mol. The first-order valence-electron chi connectivity index (χ1n) is 10.5. The molecule has 0 aliphatic carbocycles. The van der Waals surface area contributed by atoms with Gasteiger partial charge in [-0.1, -0.05) is 48.5 Å². The van der Waals surface area contributed by atoms with Gasteiger partial charge in [0.25, 0.3) is 0 Å². The highest BCUT2D eigenvalue weighted by Gasteiger charge is 2.09. The fourth-order valence-corrected chi connectivity index (χ4v) is 6.18. The first kappa shape index (κ1) is 18.0. The maximum absolute atomic E-state index is 4.83. The van der Waals surface area contributed by atoms with E-state index >= 15 is 0 Å². The molecule has 32 heavy (non-hydrogen) atoms. The van der Waals surface area contributed by atoms with Crippen LogP contribution in [0.15, 0.2) is 97.1 Å². The van der Waals surface area contributed by atoms with Crippen molar-refractivity contribution in [3.63, 3.8) is 0 Å². The van der Waals surface area contributed by atoms with Crippen LogP contribution >= 0.6 is 22.7 Å². The molecule has 0 aliphatic heterocycles. The minimum atomic E-state index is 1.06. The summed E-state index contributed by atoms with van der Waals surface area (Å²) in [4.78, 5) is 9.66. The molecule has 7 rings (SSSR count). The topological polar surface area (TPSA) is 25.8 Å². The van der Waals surface area contributed by atoms with Gasteiger partial charge in [-0.05, 0) is 70.1 Å². The van der Waals surface area contributed by atoms with Gasteiger partial charge in [0.05, 0.1) is 20.4 Å². The third-order valence-corrected chi connectivity index (χ3v) is 8.05. The Morgan fingerprint density at radius 2 is 0.906 bits per heavy atom. The molecule has 0 fully saturated rings. The average Bonchev–Trinajstić information content (AvgIpc) is 3.46. The van der Waals surface area contributed by atoms with Gasteiger partial charge in [-0.25, -0.2) is 9.97 Å². The van der Waals surface area contributed by atoms with Crippen LogP contribution < -0.4 is 0 Å². The van der Waals surface area contributed by atoms with Gasteiger partial charge in [0.2, 0.25) is 0 Å². The fourth-order valence-electron chi connectivity index (χ4n) is 4.25. The Bertz CT molecular complexity index is 1590. The van der Waals surface area contributed by atoms with Crippen LogP contribution in [0.2, 0.25) is 0 Å². The SMILES string of the molecule is c1ccc2sc(-c3ccc4cc5cc(-c6nc7ccccc7s6)ccc5cc4c3)nc2c1. The van der Waals surface area contributed by atoms with E-state index in [0.29, 0.717) is 0 Å². The Hall–Kier alpha value is -3.60. The van der Waals surface area contributed by atoms with Crippen LogP contribution in [-0.4, -0.2) is 9.97 Å². The maximum Gasteiger partial charge on any atom is 0.124 e. The number of nitrogens with zero attached hydrogens (tertiary/aromatic N) is 2. The molecule has 0 saturated carbocycles. The molecule has 5 aromatic carbocycles. The number of hydrogen-bond acceptors (Lipinski definition) is 4. The first-order chi connectivity index (χ1) is 15.8. The quantitative estimate of drug-likeness (QED) is 0.250. The lowest BCUT2D eigenvalue weighted by Gasteiger charge is -2.06. The third kappa shape index (κ3) is 2.92. The van der Waals surface area contributed by atoms with E-state index in [9.17, 15) is 0 Å². The second-order valence-corrected chi connectivity index (χ2v) is 10.0. The smallest absolute Gasteiger partial charge is 0.124 e. The van der Waals surface area contributed by atoms with E-state index in [2.05, 4.69) is 84.9 Å². The summed E-state index contributed by atoms with van der Waals surface area (Å²) < 4.78 is 2.45. The lowest BCUT2D eigenvalue weighted by atomic mass is 10.0. The normalized spacial score (nSPS) is 11.8. The molecular weight excluding hydrogens is 428 g/mol. The van der Waals surface area contributed by atoms with Crippen molar-refractivity contribution in [2.45, 2.75) is 0 Å². The van der Waals surface area contributed by atoms with E-state index in [1.54, 1.807) is 22.7 Å². The van der Waals surface area contributed by atoms with Gasteiger partial charge in [-0.3, -0.25) is 0 Å². The van der Waals surface area contributed by atoms with Crippen LogP contribution in [0.4, 0.5) is 0 Å². The number of thiazole rings is 2. The van der Waals surface area contributed by atoms with Crippen molar-refractivity contribution in [3.8, 4) is 21.1 Å². The molecule has 2 aromatic heterocycles. The van der Waals surface area contributed by atoms with Gasteiger partial charge < -0.3 is 0 Å². The number of rotatable bonds is 2. The van der Waals surface area contributed by atoms with Crippen LogP contribution in [0.5, 0.6) is 0 Å². The summed E-state index contributed by atoms with van der Waals surface area (Å²) >= 11 is 3.49. The zero-order valence-electron chi connectivity index (χ0n) is 16.9. The molecule has 7 aromatic rings. The number of para-hydroxylation sites is 2. The van der Waals surface area contributed by atoms with Gasteiger partial charge >= 0.3 is 0 Å². The van der Waals surface area contributed by atoms with Crippen molar-refractivity contribution in [3.05, 3.63) is 97.1 Å². The van der Waals surface area contributed by atoms with Crippen molar-refractivity contribution >= 4 is 64.7 Å². The van der Waals surface area contributed by atoms with E-state index < -0.39 is 0 Å². The van der Waals surface area contributed by atoms with Crippen LogP contribution in [0.25, 0.3) is 63.1 Å². The van der Waals surface area contributed by atoms with E-state index in [-0.39, 0.29) is 0 Å². The molecule has 0 N–H and O–H groups in total. The largest absolute Gasteiger partial charge is 0.236 e. The summed E-state index contributed by atoms with van der Waals surface area (Å²) in [5.74, 6) is 0. The molecular formula is C28H16N2S2. The van der Waals surface area contributed by atoms with Crippen LogP contribution in [0, 0.1) is 0 Å². The fraction of sp³-hybridized carbons (Fsp3) is 0. The Labute approximate surface area is 192 Å². The van der Waals surface area contributed by atoms with Crippen LogP contribution in [-0.2, 0) is 0 Å². The molecule has 2 heterocycles. The lowest BCUT2D eigenvalue weighted by Crippen LogP contribution is -1.82. The Morgan fingerprint density at radius 3 is 1.38 bits per heavy atom. The predicted molar refractivity (Wildman–Crippen MR) is 139 cm³/mol. The number of aromatic nitrogens is 2. The highest BCUT2D eigenvalue weighted by molar-refractivity contribution is 7.22. The maximum atomic E-state index is 4.83. The molecule has 0 radical (unpaired) electrons.